The van der Waals surface area contributed by atoms with E-state index in [-0.39, 0.29) is 28.7 Å². The van der Waals surface area contributed by atoms with E-state index in [4.69, 9.17) is 4.74 Å². The van der Waals surface area contributed by atoms with Crippen LogP contribution in [0, 0.1) is 0 Å². The van der Waals surface area contributed by atoms with Crippen LogP contribution in [0.1, 0.15) is 51.9 Å². The molecule has 0 saturated heterocycles. The summed E-state index contributed by atoms with van der Waals surface area (Å²) < 4.78 is 32.5. The third kappa shape index (κ3) is 6.43. The largest absolute Gasteiger partial charge is 0.495 e. The Kier molecular flexibility index (Phi) is 8.65. The van der Waals surface area contributed by atoms with E-state index in [1.807, 2.05) is 20.8 Å². The van der Waals surface area contributed by atoms with Crippen LogP contribution >= 0.6 is 0 Å². The lowest BCUT2D eigenvalue weighted by atomic mass is 10.1. The molecule has 0 aliphatic rings. The normalized spacial score (nSPS) is 12.0. The van der Waals surface area contributed by atoms with Crippen LogP contribution in [0.2, 0.25) is 0 Å². The van der Waals surface area contributed by atoms with Gasteiger partial charge in [-0.25, -0.2) is 8.42 Å². The van der Waals surface area contributed by atoms with Gasteiger partial charge in [0.15, 0.2) is 0 Å². The summed E-state index contributed by atoms with van der Waals surface area (Å²) in [4.78, 5) is 26.5. The van der Waals surface area contributed by atoms with E-state index in [2.05, 4.69) is 5.32 Å². The molecule has 0 aliphatic carbocycles. The maximum atomic E-state index is 13.0. The Bertz CT molecular complexity index is 827. The lowest BCUT2D eigenvalue weighted by Gasteiger charge is -2.25. The van der Waals surface area contributed by atoms with E-state index < -0.39 is 21.5 Å². The molecule has 29 heavy (non-hydrogen) atoms. The van der Waals surface area contributed by atoms with Gasteiger partial charge in [-0.1, -0.05) is 13.8 Å². The third-order valence-corrected chi connectivity index (χ3v) is 6.32. The van der Waals surface area contributed by atoms with Gasteiger partial charge >= 0.3 is 0 Å². The summed E-state index contributed by atoms with van der Waals surface area (Å²) in [6.07, 6.45) is 0. The van der Waals surface area contributed by atoms with Gasteiger partial charge in [0.2, 0.25) is 15.9 Å². The second-order valence-corrected chi connectivity index (χ2v) is 9.48. The van der Waals surface area contributed by atoms with Crippen molar-refractivity contribution in [1.82, 2.24) is 14.5 Å². The number of rotatable bonds is 9. The number of hydrogen-bond donors (Lipinski definition) is 1. The molecule has 2 amide bonds. The number of carbonyl (C=O) groups excluding carboxylic acids is 2. The number of amides is 2. The van der Waals surface area contributed by atoms with Crippen molar-refractivity contribution in [2.45, 2.75) is 52.0 Å². The van der Waals surface area contributed by atoms with Gasteiger partial charge in [0.25, 0.3) is 5.91 Å². The van der Waals surface area contributed by atoms with Crippen molar-refractivity contribution >= 4 is 21.8 Å². The molecule has 0 aromatic heterocycles. The fourth-order valence-electron chi connectivity index (χ4n) is 2.85. The lowest BCUT2D eigenvalue weighted by Crippen LogP contribution is -2.47. The number of ether oxygens (including phenoxy) is 1. The van der Waals surface area contributed by atoms with Crippen molar-refractivity contribution < 1.29 is 22.7 Å². The third-order valence-electron chi connectivity index (χ3n) is 4.25. The minimum atomic E-state index is -3.82. The number of benzene rings is 1. The van der Waals surface area contributed by atoms with Crippen molar-refractivity contribution in [3.8, 4) is 5.75 Å². The fraction of sp³-hybridized carbons (Fsp3) is 0.600. The lowest BCUT2D eigenvalue weighted by molar-refractivity contribution is -0.123. The molecule has 164 valence electrons. The summed E-state index contributed by atoms with van der Waals surface area (Å²) >= 11 is 0. The number of nitrogens with zero attached hydrogens (tertiary/aromatic N) is 2. The van der Waals surface area contributed by atoms with Gasteiger partial charge in [-0.3, -0.25) is 9.59 Å². The van der Waals surface area contributed by atoms with Crippen molar-refractivity contribution in [1.29, 1.82) is 0 Å². The van der Waals surface area contributed by atoms with Gasteiger partial charge in [0.05, 0.1) is 13.7 Å². The average Bonchev–Trinajstić information content (AvgIpc) is 2.64. The molecule has 9 heteroatoms. The molecule has 0 radical (unpaired) electrons. The Morgan fingerprint density at radius 1 is 1.07 bits per heavy atom. The maximum absolute atomic E-state index is 13.0. The van der Waals surface area contributed by atoms with E-state index in [9.17, 15) is 18.0 Å². The molecule has 0 heterocycles. The highest BCUT2D eigenvalue weighted by atomic mass is 32.2. The Balaban J connectivity index is 3.27. The summed E-state index contributed by atoms with van der Waals surface area (Å²) in [6, 6.07) is 4.29. The monoisotopic (exact) mass is 427 g/mol. The van der Waals surface area contributed by atoms with E-state index in [1.54, 1.807) is 20.8 Å². The smallest absolute Gasteiger partial charge is 0.254 e. The highest BCUT2D eigenvalue weighted by molar-refractivity contribution is 7.89. The van der Waals surface area contributed by atoms with E-state index in [0.29, 0.717) is 19.6 Å². The van der Waals surface area contributed by atoms with Crippen molar-refractivity contribution in [2.75, 3.05) is 33.3 Å². The van der Waals surface area contributed by atoms with E-state index >= 15 is 0 Å². The van der Waals surface area contributed by atoms with Gasteiger partial charge in [-0.15, -0.1) is 0 Å². The SMILES string of the molecule is CCN(CC(=O)NC(C)(C)C)C(=O)c1ccc(OC)c(S(=O)(=O)N(CC)CC)c1. The zero-order chi connectivity index (χ0) is 22.4. The number of carbonyl (C=O) groups is 2. The molecular formula is C20H33N3O5S. The van der Waals surface area contributed by atoms with E-state index in [0.717, 1.165) is 0 Å². The topological polar surface area (TPSA) is 96.0 Å². The quantitative estimate of drug-likeness (QED) is 0.651. The minimum absolute atomic E-state index is 0.0650. The maximum Gasteiger partial charge on any atom is 0.254 e. The van der Waals surface area contributed by atoms with Crippen LogP contribution in [-0.4, -0.2) is 68.3 Å². The van der Waals surface area contributed by atoms with Gasteiger partial charge in [0.1, 0.15) is 10.6 Å². The number of likely N-dealkylation sites (N-methyl/N-ethyl adjacent to an activating group) is 1. The summed E-state index contributed by atoms with van der Waals surface area (Å²) in [6.45, 7) is 11.6. The number of methoxy groups -OCH3 is 1. The highest BCUT2D eigenvalue weighted by Crippen LogP contribution is 2.28. The first kappa shape index (κ1) is 24.9. The first-order valence-corrected chi connectivity index (χ1v) is 11.1. The summed E-state index contributed by atoms with van der Waals surface area (Å²) in [5, 5.41) is 2.82. The Morgan fingerprint density at radius 2 is 1.66 bits per heavy atom. The van der Waals surface area contributed by atoms with Crippen LogP contribution in [0.3, 0.4) is 0 Å². The summed E-state index contributed by atoms with van der Waals surface area (Å²) in [5.74, 6) is -0.533. The van der Waals surface area contributed by atoms with Crippen molar-refractivity contribution in [2.24, 2.45) is 0 Å². The predicted octanol–water partition coefficient (Wildman–Crippen LogP) is 2.10. The molecule has 1 aromatic rings. The number of hydrogen-bond acceptors (Lipinski definition) is 5. The molecule has 8 nitrogen and oxygen atoms in total. The molecule has 0 aliphatic heterocycles. The second-order valence-electron chi connectivity index (χ2n) is 7.57. The summed E-state index contributed by atoms with van der Waals surface area (Å²) in [5.41, 5.74) is -0.230. The molecule has 0 fully saturated rings. The first-order chi connectivity index (χ1) is 13.4. The van der Waals surface area contributed by atoms with Gasteiger partial charge in [0, 0.05) is 30.7 Å². The van der Waals surface area contributed by atoms with Crippen LogP contribution in [-0.2, 0) is 14.8 Å². The molecule has 0 saturated carbocycles. The van der Waals surface area contributed by atoms with Crippen LogP contribution in [0.25, 0.3) is 0 Å². The molecule has 0 spiro atoms. The molecule has 1 rings (SSSR count). The van der Waals surface area contributed by atoms with Gasteiger partial charge in [-0.05, 0) is 45.9 Å². The van der Waals surface area contributed by atoms with Crippen LogP contribution < -0.4 is 10.1 Å². The second kappa shape index (κ2) is 10.1. The zero-order valence-corrected chi connectivity index (χ0v) is 19.2. The van der Waals surface area contributed by atoms with Crippen LogP contribution in [0.4, 0.5) is 0 Å². The Hall–Kier alpha value is -2.13. The van der Waals surface area contributed by atoms with E-state index in [1.165, 1.54) is 34.5 Å². The molecule has 0 bridgehead atoms. The molecule has 1 aromatic carbocycles. The molecule has 1 N–H and O–H groups in total. The summed E-state index contributed by atoms with van der Waals surface area (Å²) in [7, 11) is -2.44. The Labute approximate surface area is 174 Å². The van der Waals surface area contributed by atoms with Gasteiger partial charge in [-0.2, -0.15) is 4.31 Å². The van der Waals surface area contributed by atoms with Crippen LogP contribution in [0.5, 0.6) is 5.75 Å². The Morgan fingerprint density at radius 3 is 2.10 bits per heavy atom. The number of nitrogens with one attached hydrogen (secondary N) is 1. The minimum Gasteiger partial charge on any atom is -0.495 e. The predicted molar refractivity (Wildman–Crippen MR) is 113 cm³/mol. The fourth-order valence-corrected chi connectivity index (χ4v) is 4.49. The van der Waals surface area contributed by atoms with Crippen LogP contribution in [0.15, 0.2) is 23.1 Å². The first-order valence-electron chi connectivity index (χ1n) is 9.69. The van der Waals surface area contributed by atoms with Gasteiger partial charge < -0.3 is 15.0 Å². The molecular weight excluding hydrogens is 394 g/mol. The standard InChI is InChI=1S/C20H33N3O5S/c1-8-22(14-18(24)21-20(4,5)6)19(25)15-11-12-16(28-7)17(13-15)29(26,27)23(9-2)10-3/h11-13H,8-10,14H2,1-7H3,(H,21,24). The zero-order valence-electron chi connectivity index (χ0n) is 18.4. The highest BCUT2D eigenvalue weighted by Gasteiger charge is 2.28. The average molecular weight is 428 g/mol. The molecule has 0 unspecified atom stereocenters. The van der Waals surface area contributed by atoms with Crippen molar-refractivity contribution in [3.63, 3.8) is 0 Å². The number of sulfonamides is 1. The van der Waals surface area contributed by atoms with Crippen molar-refractivity contribution in [3.05, 3.63) is 23.8 Å². The molecule has 0 atom stereocenters.